The van der Waals surface area contributed by atoms with Crippen molar-refractivity contribution in [3.8, 4) is 22.9 Å². The van der Waals surface area contributed by atoms with Crippen LogP contribution in [-0.4, -0.2) is 119 Å². The van der Waals surface area contributed by atoms with Crippen LogP contribution in [0.2, 0.25) is 5.02 Å². The van der Waals surface area contributed by atoms with E-state index >= 15 is 0 Å². The maximum atomic E-state index is 14.8. The van der Waals surface area contributed by atoms with Gasteiger partial charge in [0.2, 0.25) is 5.91 Å². The molecule has 4 heterocycles. The molecule has 2 saturated heterocycles. The molecule has 2 aromatic heterocycles. The number of nitrogens with one attached hydrogen (secondary N) is 2. The first kappa shape index (κ1) is 44.4. The summed E-state index contributed by atoms with van der Waals surface area (Å²) in [5.74, 6) is 0.566. The number of thiazole rings is 1. The number of morpholine rings is 1. The van der Waals surface area contributed by atoms with E-state index < -0.39 is 35.0 Å². The number of allylic oxidation sites excluding steroid dienone is 1. The van der Waals surface area contributed by atoms with E-state index in [-0.39, 0.29) is 36.6 Å². The Balaban J connectivity index is 1.07. The number of rotatable bonds is 17. The van der Waals surface area contributed by atoms with Crippen LogP contribution in [0.5, 0.6) is 11.5 Å². The lowest BCUT2D eigenvalue weighted by Crippen LogP contribution is -2.56. The number of halogens is 1. The van der Waals surface area contributed by atoms with Crippen LogP contribution >= 0.6 is 22.9 Å². The Hall–Kier alpha value is -4.18. The minimum Gasteiger partial charge on any atom is -0.491 e. The number of anilines is 1. The number of fused-ring (bicyclic) bond motifs is 2. The van der Waals surface area contributed by atoms with Crippen LogP contribution in [0, 0.1) is 22.7 Å². The first-order chi connectivity index (χ1) is 29.6. The van der Waals surface area contributed by atoms with E-state index in [4.69, 9.17) is 40.5 Å². The van der Waals surface area contributed by atoms with Gasteiger partial charge in [0.25, 0.3) is 0 Å². The van der Waals surface area contributed by atoms with Crippen LogP contribution in [0.4, 0.5) is 9.93 Å². The summed E-state index contributed by atoms with van der Waals surface area (Å²) < 4.78 is 24.5. The van der Waals surface area contributed by atoms with E-state index in [1.54, 1.807) is 4.90 Å². The molecule has 7 atom stereocenters. The number of hydrogen-bond acceptors (Lipinski definition) is 12. The average molecular weight is 894 g/mol. The molecular weight excluding hydrogens is 832 g/mol. The summed E-state index contributed by atoms with van der Waals surface area (Å²) >= 11 is 8.63. The van der Waals surface area contributed by atoms with Crippen molar-refractivity contribution in [2.45, 2.75) is 117 Å². The zero-order valence-electron chi connectivity index (χ0n) is 36.7. The lowest BCUT2D eigenvalue weighted by Gasteiger charge is -2.36. The number of likely N-dealkylation sites (tertiary alicyclic amines) is 1. The number of aromatic nitrogens is 2. The Morgan fingerprint density at radius 1 is 1.10 bits per heavy atom. The monoisotopic (exact) mass is 892 g/mol. The third-order valence-corrected chi connectivity index (χ3v) is 14.4. The highest BCUT2D eigenvalue weighted by Crippen LogP contribution is 2.58. The van der Waals surface area contributed by atoms with Crippen LogP contribution in [0.25, 0.3) is 22.3 Å². The molecule has 5 aliphatic rings. The number of ether oxygens (including phenoxy) is 4. The predicted octanol–water partition coefficient (Wildman–Crippen LogP) is 8.03. The largest absolute Gasteiger partial charge is 0.491 e. The molecule has 2 saturated carbocycles. The van der Waals surface area contributed by atoms with Gasteiger partial charge in [-0.2, -0.15) is 0 Å². The minimum absolute atomic E-state index is 0.107. The summed E-state index contributed by atoms with van der Waals surface area (Å²) in [6.45, 7) is 16.5. The molecule has 336 valence electrons. The Kier molecular flexibility index (Phi) is 13.0. The highest BCUT2D eigenvalue weighted by atomic mass is 35.5. The summed E-state index contributed by atoms with van der Waals surface area (Å²) in [6.07, 6.45) is 5.27. The Bertz CT molecular complexity index is 2190. The predicted molar refractivity (Wildman–Crippen MR) is 239 cm³/mol. The van der Waals surface area contributed by atoms with Crippen molar-refractivity contribution in [3.63, 3.8) is 0 Å². The van der Waals surface area contributed by atoms with Crippen LogP contribution in [0.1, 0.15) is 86.5 Å². The third-order valence-electron chi connectivity index (χ3n) is 13.2. The van der Waals surface area contributed by atoms with Crippen molar-refractivity contribution in [2.75, 3.05) is 51.3 Å². The van der Waals surface area contributed by atoms with Crippen molar-refractivity contribution in [3.05, 3.63) is 40.3 Å². The fourth-order valence-electron chi connectivity index (χ4n) is 9.55. The first-order valence-corrected chi connectivity index (χ1v) is 23.5. The molecule has 16 heteroatoms. The second-order valence-electron chi connectivity index (χ2n) is 19.1. The minimum atomic E-state index is -0.892. The zero-order valence-corrected chi connectivity index (χ0v) is 38.3. The van der Waals surface area contributed by atoms with Crippen LogP contribution in [-0.2, 0) is 19.1 Å². The molecule has 0 radical (unpaired) electrons. The van der Waals surface area contributed by atoms with Gasteiger partial charge in [-0.3, -0.25) is 14.5 Å². The number of alkyl carbamates (subject to hydrolysis) is 1. The molecule has 3 N–H and O–H groups in total. The molecule has 62 heavy (non-hydrogen) atoms. The highest BCUT2D eigenvalue weighted by Gasteiger charge is 2.59. The molecule has 2 amide bonds. The summed E-state index contributed by atoms with van der Waals surface area (Å²) in [6, 6.07) is 4.59. The quantitative estimate of drug-likeness (QED) is 0.112. The molecular formula is C46H61ClN6O8S. The topological polar surface area (TPSA) is 165 Å². The van der Waals surface area contributed by atoms with Crippen molar-refractivity contribution >= 4 is 56.9 Å². The van der Waals surface area contributed by atoms with E-state index in [1.807, 2.05) is 51.3 Å². The van der Waals surface area contributed by atoms with Crippen LogP contribution in [0.3, 0.4) is 0 Å². The first-order valence-electron chi connectivity index (χ1n) is 22.3. The van der Waals surface area contributed by atoms with Gasteiger partial charge in [0.05, 0.1) is 36.4 Å². The number of pyridine rings is 1. The number of nitrogens with zero attached hydrogens (tertiary/aromatic N) is 4. The van der Waals surface area contributed by atoms with Gasteiger partial charge in [-0.15, -0.1) is 11.3 Å². The number of carboxylic acids is 1. The maximum Gasteiger partial charge on any atom is 0.408 e. The second kappa shape index (κ2) is 18.1. The second-order valence-corrected chi connectivity index (χ2v) is 20.3. The standard InChI is InChI=1S/C46H61ClN6O8S/c1-7-29-23-46(29,42(55)56)11-10-30-21-32(24-53(30)41(54)40(45(4,5)6)51-44(57)61-31-19-27-18-28(27)20-31)60-37-22-34(35-25-62-43(50-35)48-26(2)3)49-39-33(37)8-9-36(38(39)47)59-17-14-52-12-15-58-16-13-52/h8-9,18,22,25-27,29-32,40H,7,10-17,19-21,23-24H2,1-6H3,(H,48,50)(H,51,57)(H,55,56)/t27-,29+,30+,31?,32+,40+,46-/m0/s1. The van der Waals surface area contributed by atoms with E-state index in [1.165, 1.54) is 16.9 Å². The van der Waals surface area contributed by atoms with Crippen molar-refractivity contribution < 1.29 is 38.4 Å². The van der Waals surface area contributed by atoms with Gasteiger partial charge in [0.15, 0.2) is 5.13 Å². The molecule has 8 rings (SSSR count). The summed E-state index contributed by atoms with van der Waals surface area (Å²) in [5.41, 5.74) is 1.62. The summed E-state index contributed by atoms with van der Waals surface area (Å²) in [5, 5.41) is 20.4. The van der Waals surface area contributed by atoms with Crippen LogP contribution in [0.15, 0.2) is 35.2 Å². The molecule has 0 spiro atoms. The van der Waals surface area contributed by atoms with Crippen molar-refractivity contribution in [1.82, 2.24) is 25.1 Å². The summed E-state index contributed by atoms with van der Waals surface area (Å²) in [7, 11) is 0. The third kappa shape index (κ3) is 9.80. The zero-order chi connectivity index (χ0) is 43.9. The van der Waals surface area contributed by atoms with E-state index in [0.717, 1.165) is 44.0 Å². The molecule has 3 aromatic rings. The van der Waals surface area contributed by atoms with Crippen molar-refractivity contribution in [1.29, 1.82) is 0 Å². The van der Waals surface area contributed by atoms with Crippen molar-refractivity contribution in [2.24, 2.45) is 22.7 Å². The molecule has 3 aliphatic carbocycles. The molecule has 14 nitrogen and oxygen atoms in total. The number of carbonyl (C=O) groups excluding carboxylic acids is 2. The number of amides is 2. The van der Waals surface area contributed by atoms with E-state index in [0.29, 0.717) is 90.2 Å². The van der Waals surface area contributed by atoms with Crippen LogP contribution < -0.4 is 20.1 Å². The number of carboxylic acid groups (broad SMARTS) is 1. The van der Waals surface area contributed by atoms with Gasteiger partial charge < -0.3 is 39.6 Å². The number of hydrogen-bond donors (Lipinski definition) is 3. The molecule has 2 aliphatic heterocycles. The normalized spacial score (nSPS) is 26.2. The Morgan fingerprint density at radius 3 is 2.56 bits per heavy atom. The molecule has 0 bridgehead atoms. The number of carbonyl (C=O) groups is 3. The highest BCUT2D eigenvalue weighted by molar-refractivity contribution is 7.14. The SMILES string of the molecule is CC[C@@H]1C[C@]1(CC[C@@H]1C[C@@H](Oc2cc(-c3csc(NC(C)C)n3)nc3c(Cl)c(OCCN4CCOCC4)ccc23)CN1C(=O)[C@@H](NC(=O)OC1CC2=C[C@H]2C1)C(C)(C)C)C(=O)O. The lowest BCUT2D eigenvalue weighted by atomic mass is 9.85. The van der Waals surface area contributed by atoms with E-state index in [9.17, 15) is 19.5 Å². The lowest BCUT2D eigenvalue weighted by molar-refractivity contribution is -0.144. The average Bonchev–Trinajstić information content (AvgIpc) is 3.93. The van der Waals surface area contributed by atoms with Gasteiger partial charge in [0.1, 0.15) is 47.1 Å². The molecule has 1 unspecified atom stereocenters. The van der Waals surface area contributed by atoms with Gasteiger partial charge in [-0.25, -0.2) is 14.8 Å². The number of aliphatic carboxylic acids is 1. The Morgan fingerprint density at radius 2 is 1.89 bits per heavy atom. The maximum absolute atomic E-state index is 14.8. The van der Waals surface area contributed by atoms with Gasteiger partial charge in [-0.1, -0.05) is 57.4 Å². The van der Waals surface area contributed by atoms with Gasteiger partial charge >= 0.3 is 12.1 Å². The molecule has 4 fully saturated rings. The smallest absolute Gasteiger partial charge is 0.408 e. The summed E-state index contributed by atoms with van der Waals surface area (Å²) in [4.78, 5) is 54.8. The Labute approximate surface area is 373 Å². The molecule has 1 aromatic carbocycles. The van der Waals surface area contributed by atoms with Gasteiger partial charge in [0, 0.05) is 67.3 Å². The fourth-order valence-corrected chi connectivity index (χ4v) is 10.7. The fraction of sp³-hybridized carbons (Fsp3) is 0.630. The number of benzene rings is 1. The van der Waals surface area contributed by atoms with E-state index in [2.05, 4.69) is 35.5 Å². The van der Waals surface area contributed by atoms with Gasteiger partial charge in [-0.05, 0) is 63.0 Å².